The number of nitrogens with zero attached hydrogens (tertiary/aromatic N) is 1. The van der Waals surface area contributed by atoms with Crippen molar-refractivity contribution in [1.29, 1.82) is 0 Å². The summed E-state index contributed by atoms with van der Waals surface area (Å²) in [7, 11) is -3.09. The summed E-state index contributed by atoms with van der Waals surface area (Å²) in [6.07, 6.45) is 1.16. The first kappa shape index (κ1) is 16.2. The molecule has 1 aromatic rings. The Balaban J connectivity index is 1.72. The summed E-state index contributed by atoms with van der Waals surface area (Å²) in [4.78, 5) is 2.32. The normalized spacial score (nSPS) is 16.1. The quantitative estimate of drug-likeness (QED) is 0.702. The average molecular weight is 313 g/mol. The van der Waals surface area contributed by atoms with Crippen molar-refractivity contribution < 1.29 is 13.2 Å². The maximum Gasteiger partial charge on any atom is 0.208 e. The van der Waals surface area contributed by atoms with Crippen LogP contribution in [0.5, 0.6) is 0 Å². The molecule has 21 heavy (non-hydrogen) atoms. The second kappa shape index (κ2) is 7.74. The molecule has 6 nitrogen and oxygen atoms in total. The van der Waals surface area contributed by atoms with E-state index in [1.165, 1.54) is 11.3 Å². The van der Waals surface area contributed by atoms with Crippen molar-refractivity contribution in [2.24, 2.45) is 0 Å². The van der Waals surface area contributed by atoms with Gasteiger partial charge in [-0.05, 0) is 17.7 Å². The fourth-order valence-corrected chi connectivity index (χ4v) is 2.68. The van der Waals surface area contributed by atoms with Gasteiger partial charge in [0.2, 0.25) is 10.0 Å². The number of ether oxygens (including phenoxy) is 1. The molecule has 0 bridgehead atoms. The van der Waals surface area contributed by atoms with Crippen molar-refractivity contribution in [3.05, 3.63) is 29.8 Å². The third kappa shape index (κ3) is 6.01. The van der Waals surface area contributed by atoms with Gasteiger partial charge in [0, 0.05) is 38.4 Å². The minimum Gasteiger partial charge on any atom is -0.378 e. The molecule has 1 saturated heterocycles. The molecule has 1 fully saturated rings. The first-order chi connectivity index (χ1) is 10.0. The third-order valence-electron chi connectivity index (χ3n) is 3.31. The molecule has 2 N–H and O–H groups in total. The van der Waals surface area contributed by atoms with Crippen LogP contribution in [0.4, 0.5) is 5.69 Å². The van der Waals surface area contributed by atoms with Gasteiger partial charge in [-0.1, -0.05) is 12.1 Å². The van der Waals surface area contributed by atoms with Crippen LogP contribution in [-0.4, -0.2) is 54.1 Å². The molecule has 0 aliphatic carbocycles. The number of hydrogen-bond donors (Lipinski definition) is 2. The second-order valence-corrected chi connectivity index (χ2v) is 6.94. The lowest BCUT2D eigenvalue weighted by atomic mass is 10.2. The highest BCUT2D eigenvalue weighted by Crippen LogP contribution is 2.16. The van der Waals surface area contributed by atoms with Crippen LogP contribution in [0.2, 0.25) is 0 Å². The van der Waals surface area contributed by atoms with E-state index in [2.05, 4.69) is 39.2 Å². The number of hydrogen-bond acceptors (Lipinski definition) is 5. The summed E-state index contributed by atoms with van der Waals surface area (Å²) in [5, 5.41) is 3.21. The van der Waals surface area contributed by atoms with E-state index < -0.39 is 10.0 Å². The molecule has 0 unspecified atom stereocenters. The van der Waals surface area contributed by atoms with Gasteiger partial charge in [0.15, 0.2) is 0 Å². The molecule has 1 aliphatic heterocycles. The molecule has 0 saturated carbocycles. The molecule has 0 amide bonds. The Hall–Kier alpha value is -1.15. The van der Waals surface area contributed by atoms with Crippen LogP contribution in [-0.2, 0) is 21.3 Å². The largest absolute Gasteiger partial charge is 0.378 e. The molecule has 118 valence electrons. The number of anilines is 1. The van der Waals surface area contributed by atoms with Crippen molar-refractivity contribution in [2.75, 3.05) is 50.5 Å². The fraction of sp³-hybridized carbons (Fsp3) is 0.571. The van der Waals surface area contributed by atoms with Crippen LogP contribution in [0.1, 0.15) is 5.56 Å². The first-order valence-electron chi connectivity index (χ1n) is 7.11. The van der Waals surface area contributed by atoms with E-state index in [1.54, 1.807) is 0 Å². The fourth-order valence-electron chi connectivity index (χ4n) is 2.20. The van der Waals surface area contributed by atoms with Gasteiger partial charge in [-0.15, -0.1) is 0 Å². The first-order valence-corrected chi connectivity index (χ1v) is 9.01. The summed E-state index contributed by atoms with van der Waals surface area (Å²) in [6, 6.07) is 8.44. The van der Waals surface area contributed by atoms with Crippen LogP contribution >= 0.6 is 0 Å². The number of sulfonamides is 1. The van der Waals surface area contributed by atoms with E-state index in [0.717, 1.165) is 39.1 Å². The van der Waals surface area contributed by atoms with Gasteiger partial charge in [0.25, 0.3) is 0 Å². The van der Waals surface area contributed by atoms with E-state index >= 15 is 0 Å². The number of benzene rings is 1. The van der Waals surface area contributed by atoms with Gasteiger partial charge < -0.3 is 15.0 Å². The van der Waals surface area contributed by atoms with E-state index in [9.17, 15) is 8.42 Å². The van der Waals surface area contributed by atoms with E-state index in [0.29, 0.717) is 13.1 Å². The molecule has 0 spiro atoms. The Morgan fingerprint density at radius 1 is 1.14 bits per heavy atom. The molecule has 7 heteroatoms. The lowest BCUT2D eigenvalue weighted by Gasteiger charge is -2.28. The molecule has 1 heterocycles. The maximum atomic E-state index is 10.9. The topological polar surface area (TPSA) is 70.7 Å². The molecule has 0 radical (unpaired) electrons. The molecule has 1 aliphatic rings. The van der Waals surface area contributed by atoms with E-state index in [-0.39, 0.29) is 0 Å². The standard InChI is InChI=1S/C14H23N3O3S/c1-21(18,19)16-7-6-15-12-13-2-4-14(5-3-13)17-8-10-20-11-9-17/h2-5,15-16H,6-12H2,1H3. The highest BCUT2D eigenvalue weighted by Gasteiger charge is 2.10. The molecular formula is C14H23N3O3S. The smallest absolute Gasteiger partial charge is 0.208 e. The minimum absolute atomic E-state index is 0.407. The summed E-state index contributed by atoms with van der Waals surface area (Å²) in [6.45, 7) is 5.20. The predicted octanol–water partition coefficient (Wildman–Crippen LogP) is 0.162. The van der Waals surface area contributed by atoms with Crippen LogP contribution in [0.3, 0.4) is 0 Å². The minimum atomic E-state index is -3.09. The average Bonchev–Trinajstić information content (AvgIpc) is 2.47. The zero-order valence-corrected chi connectivity index (χ0v) is 13.2. The van der Waals surface area contributed by atoms with Crippen molar-refractivity contribution in [3.63, 3.8) is 0 Å². The number of nitrogens with one attached hydrogen (secondary N) is 2. The Morgan fingerprint density at radius 3 is 2.43 bits per heavy atom. The summed E-state index contributed by atoms with van der Waals surface area (Å²) in [5.41, 5.74) is 2.41. The maximum absolute atomic E-state index is 10.9. The Labute approximate surface area is 126 Å². The Morgan fingerprint density at radius 2 is 1.81 bits per heavy atom. The summed E-state index contributed by atoms with van der Waals surface area (Å²) >= 11 is 0. The Kier molecular flexibility index (Phi) is 5.98. The highest BCUT2D eigenvalue weighted by atomic mass is 32.2. The van der Waals surface area contributed by atoms with Gasteiger partial charge >= 0.3 is 0 Å². The Bertz CT molecular complexity index is 525. The molecule has 1 aromatic carbocycles. The van der Waals surface area contributed by atoms with Crippen LogP contribution in [0.25, 0.3) is 0 Å². The molecule has 0 atom stereocenters. The molecular weight excluding hydrogens is 290 g/mol. The zero-order chi connectivity index (χ0) is 15.1. The predicted molar refractivity (Wildman–Crippen MR) is 84.0 cm³/mol. The zero-order valence-electron chi connectivity index (χ0n) is 12.3. The van der Waals surface area contributed by atoms with E-state index in [1.807, 2.05) is 0 Å². The third-order valence-corrected chi connectivity index (χ3v) is 4.04. The lowest BCUT2D eigenvalue weighted by molar-refractivity contribution is 0.122. The van der Waals surface area contributed by atoms with Crippen LogP contribution in [0, 0.1) is 0 Å². The van der Waals surface area contributed by atoms with Crippen molar-refractivity contribution >= 4 is 15.7 Å². The van der Waals surface area contributed by atoms with Crippen LogP contribution < -0.4 is 14.9 Å². The van der Waals surface area contributed by atoms with Gasteiger partial charge in [0.1, 0.15) is 0 Å². The van der Waals surface area contributed by atoms with Crippen molar-refractivity contribution in [3.8, 4) is 0 Å². The van der Waals surface area contributed by atoms with Crippen molar-refractivity contribution in [2.45, 2.75) is 6.54 Å². The number of rotatable bonds is 7. The monoisotopic (exact) mass is 313 g/mol. The van der Waals surface area contributed by atoms with E-state index in [4.69, 9.17) is 4.74 Å². The van der Waals surface area contributed by atoms with Gasteiger partial charge in [-0.25, -0.2) is 13.1 Å². The van der Waals surface area contributed by atoms with Crippen LogP contribution in [0.15, 0.2) is 24.3 Å². The van der Waals surface area contributed by atoms with Gasteiger partial charge in [0.05, 0.1) is 19.5 Å². The molecule has 2 rings (SSSR count). The van der Waals surface area contributed by atoms with Crippen molar-refractivity contribution in [1.82, 2.24) is 10.0 Å². The summed E-state index contributed by atoms with van der Waals surface area (Å²) < 4.78 is 29.6. The van der Waals surface area contributed by atoms with Gasteiger partial charge in [-0.3, -0.25) is 0 Å². The SMILES string of the molecule is CS(=O)(=O)NCCNCc1ccc(N2CCOCC2)cc1. The second-order valence-electron chi connectivity index (χ2n) is 5.11. The molecule has 0 aromatic heterocycles. The summed E-state index contributed by atoms with van der Waals surface area (Å²) in [5.74, 6) is 0. The highest BCUT2D eigenvalue weighted by molar-refractivity contribution is 7.88. The lowest BCUT2D eigenvalue weighted by Crippen LogP contribution is -2.36. The number of morpholine rings is 1. The van der Waals surface area contributed by atoms with Gasteiger partial charge in [-0.2, -0.15) is 0 Å².